The highest BCUT2D eigenvalue weighted by atomic mass is 16.5. The Balaban J connectivity index is 2.04. The summed E-state index contributed by atoms with van der Waals surface area (Å²) in [4.78, 5) is 4.34. The first-order chi connectivity index (χ1) is 7.34. The average molecular weight is 201 g/mol. The fraction of sp³-hybridized carbons (Fsp3) is 0.273. The van der Waals surface area contributed by atoms with E-state index in [0.717, 1.165) is 17.4 Å². The maximum absolute atomic E-state index is 5.58. The molecule has 0 saturated heterocycles. The molecule has 76 valence electrons. The van der Waals surface area contributed by atoms with Gasteiger partial charge in [0, 0.05) is 5.56 Å². The van der Waals surface area contributed by atoms with Gasteiger partial charge in [0.2, 0.25) is 0 Å². The minimum absolute atomic E-state index is 0.172. The lowest BCUT2D eigenvalue weighted by molar-refractivity contribution is 0.340. The Labute approximate surface area is 87.3 Å². The summed E-state index contributed by atoms with van der Waals surface area (Å²) >= 11 is 0. The largest absolute Gasteiger partial charge is 0.492 e. The van der Waals surface area contributed by atoms with Gasteiger partial charge in [0.05, 0.1) is 5.92 Å². The van der Waals surface area contributed by atoms with Crippen molar-refractivity contribution < 1.29 is 4.74 Å². The summed E-state index contributed by atoms with van der Waals surface area (Å²) in [5.74, 6) is 2.78. The second-order valence-electron chi connectivity index (χ2n) is 3.68. The topological polar surface area (TPSA) is 50.8 Å². The molecule has 4 heteroatoms. The van der Waals surface area contributed by atoms with Gasteiger partial charge in [-0.25, -0.2) is 4.98 Å². The molecule has 1 unspecified atom stereocenters. The van der Waals surface area contributed by atoms with Crippen LogP contribution < -0.4 is 4.74 Å². The Hall–Kier alpha value is -1.84. The van der Waals surface area contributed by atoms with Gasteiger partial charge < -0.3 is 4.74 Å². The number of para-hydroxylation sites is 1. The van der Waals surface area contributed by atoms with Crippen LogP contribution in [-0.4, -0.2) is 21.8 Å². The van der Waals surface area contributed by atoms with E-state index in [4.69, 9.17) is 4.74 Å². The lowest BCUT2D eigenvalue weighted by Gasteiger charge is -2.01. The molecular formula is C11H11N3O. The second-order valence-corrected chi connectivity index (χ2v) is 3.68. The number of aryl methyl sites for hydroxylation is 1. The summed E-state index contributed by atoms with van der Waals surface area (Å²) in [5.41, 5.74) is 1.18. The van der Waals surface area contributed by atoms with E-state index < -0.39 is 0 Å². The van der Waals surface area contributed by atoms with Gasteiger partial charge in [0.25, 0.3) is 0 Å². The van der Waals surface area contributed by atoms with Gasteiger partial charge >= 0.3 is 0 Å². The molecule has 3 rings (SSSR count). The molecule has 1 aromatic carbocycles. The predicted molar refractivity (Wildman–Crippen MR) is 54.9 cm³/mol. The fourth-order valence-electron chi connectivity index (χ4n) is 1.89. The molecule has 2 aromatic rings. The molecule has 1 aliphatic rings. The van der Waals surface area contributed by atoms with Crippen molar-refractivity contribution in [3.63, 3.8) is 0 Å². The highest BCUT2D eigenvalue weighted by Crippen LogP contribution is 2.36. The van der Waals surface area contributed by atoms with Crippen LogP contribution >= 0.6 is 0 Å². The lowest BCUT2D eigenvalue weighted by Crippen LogP contribution is -2.04. The van der Waals surface area contributed by atoms with Crippen LogP contribution in [0, 0.1) is 6.92 Å². The Morgan fingerprint density at radius 1 is 1.40 bits per heavy atom. The highest BCUT2D eigenvalue weighted by Gasteiger charge is 2.28. The third-order valence-corrected chi connectivity index (χ3v) is 2.63. The minimum atomic E-state index is 0.172. The zero-order chi connectivity index (χ0) is 10.3. The quantitative estimate of drug-likeness (QED) is 0.763. The molecule has 0 radical (unpaired) electrons. The zero-order valence-electron chi connectivity index (χ0n) is 8.40. The maximum atomic E-state index is 5.58. The normalized spacial score (nSPS) is 18.6. The number of hydrogen-bond donors (Lipinski definition) is 1. The van der Waals surface area contributed by atoms with E-state index in [1.54, 1.807) is 0 Å². The number of hydrogen-bond acceptors (Lipinski definition) is 3. The van der Waals surface area contributed by atoms with E-state index in [2.05, 4.69) is 21.2 Å². The fourth-order valence-corrected chi connectivity index (χ4v) is 1.89. The Kier molecular flexibility index (Phi) is 1.74. The van der Waals surface area contributed by atoms with Crippen molar-refractivity contribution in [1.29, 1.82) is 0 Å². The molecule has 0 fully saturated rings. The van der Waals surface area contributed by atoms with Crippen LogP contribution in [0.4, 0.5) is 0 Å². The van der Waals surface area contributed by atoms with Crippen LogP contribution in [-0.2, 0) is 0 Å². The first-order valence-electron chi connectivity index (χ1n) is 4.95. The van der Waals surface area contributed by atoms with E-state index >= 15 is 0 Å². The minimum Gasteiger partial charge on any atom is -0.492 e. The van der Waals surface area contributed by atoms with Crippen LogP contribution in [0.15, 0.2) is 24.3 Å². The Morgan fingerprint density at radius 2 is 2.27 bits per heavy atom. The van der Waals surface area contributed by atoms with Crippen molar-refractivity contribution in [2.45, 2.75) is 12.8 Å². The van der Waals surface area contributed by atoms with Crippen molar-refractivity contribution >= 4 is 0 Å². The number of H-pyrrole nitrogens is 1. The van der Waals surface area contributed by atoms with Crippen molar-refractivity contribution in [3.8, 4) is 5.75 Å². The molecule has 15 heavy (non-hydrogen) atoms. The molecular weight excluding hydrogens is 190 g/mol. The number of aromatic nitrogens is 3. The number of fused-ring (bicyclic) bond motifs is 1. The number of rotatable bonds is 1. The number of nitrogens with one attached hydrogen (secondary N) is 1. The molecule has 0 bridgehead atoms. The maximum Gasteiger partial charge on any atom is 0.161 e. The SMILES string of the molecule is Cc1nc(C2COc3ccccc32)n[nH]1. The summed E-state index contributed by atoms with van der Waals surface area (Å²) < 4.78 is 5.58. The summed E-state index contributed by atoms with van der Waals surface area (Å²) in [6, 6.07) is 8.04. The van der Waals surface area contributed by atoms with Crippen LogP contribution in [0.2, 0.25) is 0 Å². The molecule has 1 aliphatic heterocycles. The number of benzene rings is 1. The van der Waals surface area contributed by atoms with Gasteiger partial charge in [-0.15, -0.1) is 0 Å². The molecule has 0 aliphatic carbocycles. The summed E-state index contributed by atoms with van der Waals surface area (Å²) in [5, 5.41) is 7.04. The highest BCUT2D eigenvalue weighted by molar-refractivity contribution is 5.42. The van der Waals surface area contributed by atoms with E-state index in [9.17, 15) is 0 Å². The standard InChI is InChI=1S/C11H11N3O/c1-7-12-11(14-13-7)9-6-15-10-5-3-2-4-8(9)10/h2-5,9H,6H2,1H3,(H,12,13,14). The number of aromatic amines is 1. The van der Waals surface area contributed by atoms with Crippen molar-refractivity contribution in [2.75, 3.05) is 6.61 Å². The first-order valence-corrected chi connectivity index (χ1v) is 4.95. The van der Waals surface area contributed by atoms with E-state index in [-0.39, 0.29) is 5.92 Å². The molecule has 0 saturated carbocycles. The molecule has 1 aromatic heterocycles. The lowest BCUT2D eigenvalue weighted by atomic mass is 10.0. The third kappa shape index (κ3) is 1.29. The van der Waals surface area contributed by atoms with Crippen LogP contribution in [0.25, 0.3) is 0 Å². The second kappa shape index (κ2) is 3.08. The van der Waals surface area contributed by atoms with Gasteiger partial charge in [-0.1, -0.05) is 18.2 Å². The Morgan fingerprint density at radius 3 is 3.07 bits per heavy atom. The first kappa shape index (κ1) is 8.47. The molecule has 1 atom stereocenters. The van der Waals surface area contributed by atoms with Crippen molar-refractivity contribution in [2.24, 2.45) is 0 Å². The summed E-state index contributed by atoms with van der Waals surface area (Å²) in [7, 11) is 0. The van der Waals surface area contributed by atoms with Gasteiger partial charge in [-0.3, -0.25) is 5.10 Å². The van der Waals surface area contributed by atoms with Crippen LogP contribution in [0.1, 0.15) is 23.1 Å². The van der Waals surface area contributed by atoms with E-state index in [1.807, 2.05) is 25.1 Å². The predicted octanol–water partition coefficient (Wildman–Crippen LogP) is 1.64. The molecule has 0 spiro atoms. The number of ether oxygens (including phenoxy) is 1. The van der Waals surface area contributed by atoms with Crippen molar-refractivity contribution in [3.05, 3.63) is 41.5 Å². The van der Waals surface area contributed by atoms with Gasteiger partial charge in [-0.05, 0) is 13.0 Å². The van der Waals surface area contributed by atoms with Crippen molar-refractivity contribution in [1.82, 2.24) is 15.2 Å². The number of nitrogens with zero attached hydrogens (tertiary/aromatic N) is 2. The monoisotopic (exact) mass is 201 g/mol. The van der Waals surface area contributed by atoms with Crippen LogP contribution in [0.3, 0.4) is 0 Å². The van der Waals surface area contributed by atoms with Crippen LogP contribution in [0.5, 0.6) is 5.75 Å². The molecule has 0 amide bonds. The molecule has 2 heterocycles. The van der Waals surface area contributed by atoms with Gasteiger partial charge in [-0.2, -0.15) is 5.10 Å². The van der Waals surface area contributed by atoms with E-state index in [1.165, 1.54) is 5.56 Å². The zero-order valence-corrected chi connectivity index (χ0v) is 8.40. The Bertz CT molecular complexity index is 492. The molecule has 1 N–H and O–H groups in total. The summed E-state index contributed by atoms with van der Waals surface area (Å²) in [6.45, 7) is 2.54. The van der Waals surface area contributed by atoms with Gasteiger partial charge in [0.15, 0.2) is 5.82 Å². The third-order valence-electron chi connectivity index (χ3n) is 2.63. The van der Waals surface area contributed by atoms with E-state index in [0.29, 0.717) is 6.61 Å². The average Bonchev–Trinajstić information content (AvgIpc) is 2.83. The summed E-state index contributed by atoms with van der Waals surface area (Å²) in [6.07, 6.45) is 0. The van der Waals surface area contributed by atoms with Gasteiger partial charge in [0.1, 0.15) is 18.2 Å². The molecule has 4 nitrogen and oxygen atoms in total. The smallest absolute Gasteiger partial charge is 0.161 e.